The van der Waals surface area contributed by atoms with Crippen LogP contribution in [0.1, 0.15) is 19.8 Å². The van der Waals surface area contributed by atoms with Crippen molar-refractivity contribution in [3.05, 3.63) is 28.2 Å². The smallest absolute Gasteiger partial charge is 0.320 e. The molecule has 0 spiro atoms. The summed E-state index contributed by atoms with van der Waals surface area (Å²) < 4.78 is 0. The van der Waals surface area contributed by atoms with E-state index in [1.165, 1.54) is 0 Å². The first kappa shape index (κ1) is 14.7. The Labute approximate surface area is 117 Å². The Balaban J connectivity index is 2.62. The first-order valence-electron chi connectivity index (χ1n) is 5.55. The number of terminal acetylenes is 1. The van der Waals surface area contributed by atoms with E-state index in [4.69, 9.17) is 29.6 Å². The number of carbonyl (C=O) groups is 1. The molecule has 0 saturated heterocycles. The lowest BCUT2D eigenvalue weighted by Crippen LogP contribution is -2.36. The molecule has 1 aromatic rings. The molecule has 0 aromatic heterocycles. The van der Waals surface area contributed by atoms with E-state index in [0.29, 0.717) is 15.7 Å². The lowest BCUT2D eigenvalue weighted by molar-refractivity contribution is 0.250. The highest BCUT2D eigenvalue weighted by Crippen LogP contribution is 2.22. The monoisotopic (exact) mass is 284 g/mol. The van der Waals surface area contributed by atoms with Crippen molar-refractivity contribution in [3.63, 3.8) is 0 Å². The van der Waals surface area contributed by atoms with Gasteiger partial charge in [0.2, 0.25) is 0 Å². The van der Waals surface area contributed by atoms with Crippen molar-refractivity contribution in [1.29, 1.82) is 0 Å². The Hall–Kier alpha value is -1.37. The number of hydrogen-bond donors (Lipinski definition) is 2. The lowest BCUT2D eigenvalue weighted by Gasteiger charge is -2.13. The van der Waals surface area contributed by atoms with Crippen LogP contribution in [-0.2, 0) is 0 Å². The van der Waals surface area contributed by atoms with Crippen molar-refractivity contribution in [1.82, 2.24) is 5.32 Å². The standard InChI is InChI=1S/C13H14Cl2N2O/c1-3-5-11(4-2)16-13(18)17-12-7-9(14)6-10(15)8-12/h2,6-8,11H,3,5H2,1H3,(H2,16,17,18). The van der Waals surface area contributed by atoms with E-state index in [2.05, 4.69) is 16.6 Å². The summed E-state index contributed by atoms with van der Waals surface area (Å²) in [6.07, 6.45) is 6.95. The van der Waals surface area contributed by atoms with E-state index in [9.17, 15) is 4.79 Å². The van der Waals surface area contributed by atoms with Crippen LogP contribution in [0.25, 0.3) is 0 Å². The van der Waals surface area contributed by atoms with Crippen molar-refractivity contribution in [2.24, 2.45) is 0 Å². The summed E-state index contributed by atoms with van der Waals surface area (Å²) in [5, 5.41) is 6.23. The molecule has 2 N–H and O–H groups in total. The maximum Gasteiger partial charge on any atom is 0.320 e. The molecule has 2 amide bonds. The molecular formula is C13H14Cl2N2O. The van der Waals surface area contributed by atoms with Crippen molar-refractivity contribution >= 4 is 34.9 Å². The van der Waals surface area contributed by atoms with Crippen LogP contribution in [0, 0.1) is 12.3 Å². The minimum absolute atomic E-state index is 0.273. The summed E-state index contributed by atoms with van der Waals surface area (Å²) in [7, 11) is 0. The minimum atomic E-state index is -0.371. The second kappa shape index (κ2) is 7.15. The van der Waals surface area contributed by atoms with Gasteiger partial charge >= 0.3 is 6.03 Å². The van der Waals surface area contributed by atoms with Crippen LogP contribution in [0.5, 0.6) is 0 Å². The van der Waals surface area contributed by atoms with Gasteiger partial charge in [0, 0.05) is 15.7 Å². The third kappa shape index (κ3) is 4.87. The van der Waals surface area contributed by atoms with Gasteiger partial charge in [0.1, 0.15) is 0 Å². The van der Waals surface area contributed by atoms with Crippen LogP contribution in [0.3, 0.4) is 0 Å². The molecule has 5 heteroatoms. The fourth-order valence-electron chi connectivity index (χ4n) is 1.44. The van der Waals surface area contributed by atoms with Gasteiger partial charge in [-0.15, -0.1) is 6.42 Å². The van der Waals surface area contributed by atoms with Gasteiger partial charge in [0.15, 0.2) is 0 Å². The molecule has 1 unspecified atom stereocenters. The lowest BCUT2D eigenvalue weighted by atomic mass is 10.2. The number of urea groups is 1. The highest BCUT2D eigenvalue weighted by molar-refractivity contribution is 6.35. The van der Waals surface area contributed by atoms with Gasteiger partial charge in [-0.1, -0.05) is 42.5 Å². The predicted molar refractivity (Wildman–Crippen MR) is 76.1 cm³/mol. The molecule has 0 bridgehead atoms. The molecule has 1 aromatic carbocycles. The van der Waals surface area contributed by atoms with Crippen LogP contribution in [-0.4, -0.2) is 12.1 Å². The molecule has 0 aliphatic rings. The SMILES string of the molecule is C#CC(CCC)NC(=O)Nc1cc(Cl)cc(Cl)c1. The molecular weight excluding hydrogens is 271 g/mol. The Morgan fingerprint density at radius 3 is 2.50 bits per heavy atom. The summed E-state index contributed by atoms with van der Waals surface area (Å²) >= 11 is 11.7. The second-order valence-electron chi connectivity index (χ2n) is 3.76. The van der Waals surface area contributed by atoms with Crippen molar-refractivity contribution in [2.75, 3.05) is 5.32 Å². The van der Waals surface area contributed by atoms with Gasteiger partial charge < -0.3 is 10.6 Å². The van der Waals surface area contributed by atoms with E-state index in [1.807, 2.05) is 6.92 Å². The maximum atomic E-state index is 11.7. The Morgan fingerprint density at radius 1 is 1.39 bits per heavy atom. The summed E-state index contributed by atoms with van der Waals surface area (Å²) in [5.41, 5.74) is 0.525. The molecule has 0 saturated carbocycles. The Bertz CT molecular complexity index is 448. The molecule has 3 nitrogen and oxygen atoms in total. The topological polar surface area (TPSA) is 41.1 Å². The molecule has 0 aliphatic carbocycles. The van der Waals surface area contributed by atoms with Crippen molar-refractivity contribution in [3.8, 4) is 12.3 Å². The first-order chi connectivity index (χ1) is 8.55. The largest absolute Gasteiger partial charge is 0.324 e. The molecule has 0 aliphatic heterocycles. The number of nitrogens with one attached hydrogen (secondary N) is 2. The van der Waals surface area contributed by atoms with E-state index >= 15 is 0 Å². The quantitative estimate of drug-likeness (QED) is 0.809. The van der Waals surface area contributed by atoms with Crippen LogP contribution in [0.2, 0.25) is 10.0 Å². The van der Waals surface area contributed by atoms with E-state index in [0.717, 1.165) is 12.8 Å². The molecule has 0 radical (unpaired) electrons. The second-order valence-corrected chi connectivity index (χ2v) is 4.64. The number of hydrogen-bond acceptors (Lipinski definition) is 1. The van der Waals surface area contributed by atoms with E-state index in [1.54, 1.807) is 18.2 Å². The predicted octanol–water partition coefficient (Wildman–Crippen LogP) is 3.92. The number of rotatable bonds is 4. The zero-order valence-electron chi connectivity index (χ0n) is 9.97. The van der Waals surface area contributed by atoms with E-state index < -0.39 is 0 Å². The number of amides is 2. The van der Waals surface area contributed by atoms with Gasteiger partial charge in [-0.3, -0.25) is 0 Å². The summed E-state index contributed by atoms with van der Waals surface area (Å²) in [5.74, 6) is 2.52. The molecule has 1 atom stereocenters. The van der Waals surface area contributed by atoms with E-state index in [-0.39, 0.29) is 12.1 Å². The number of anilines is 1. The van der Waals surface area contributed by atoms with Crippen molar-refractivity contribution in [2.45, 2.75) is 25.8 Å². The van der Waals surface area contributed by atoms with Crippen LogP contribution >= 0.6 is 23.2 Å². The average Bonchev–Trinajstić information content (AvgIpc) is 2.26. The minimum Gasteiger partial charge on any atom is -0.324 e. The highest BCUT2D eigenvalue weighted by atomic mass is 35.5. The Kier molecular flexibility index (Phi) is 5.84. The van der Waals surface area contributed by atoms with Gasteiger partial charge in [0.05, 0.1) is 6.04 Å². The molecule has 96 valence electrons. The molecule has 0 heterocycles. The summed E-state index contributed by atoms with van der Waals surface area (Å²) in [6.45, 7) is 2.00. The van der Waals surface area contributed by atoms with Crippen LogP contribution < -0.4 is 10.6 Å². The fraction of sp³-hybridized carbons (Fsp3) is 0.308. The number of benzene rings is 1. The van der Waals surface area contributed by atoms with Gasteiger partial charge in [-0.25, -0.2) is 4.79 Å². The fourth-order valence-corrected chi connectivity index (χ4v) is 1.96. The maximum absolute atomic E-state index is 11.7. The number of halogens is 2. The third-order valence-corrected chi connectivity index (χ3v) is 2.64. The normalized spacial score (nSPS) is 11.4. The van der Waals surface area contributed by atoms with Crippen molar-refractivity contribution < 1.29 is 4.79 Å². The van der Waals surface area contributed by atoms with Crippen LogP contribution in [0.4, 0.5) is 10.5 Å². The average molecular weight is 285 g/mol. The first-order valence-corrected chi connectivity index (χ1v) is 6.30. The molecule has 18 heavy (non-hydrogen) atoms. The van der Waals surface area contributed by atoms with Gasteiger partial charge in [-0.2, -0.15) is 0 Å². The Morgan fingerprint density at radius 2 is 2.00 bits per heavy atom. The molecule has 0 fully saturated rings. The highest BCUT2D eigenvalue weighted by Gasteiger charge is 2.09. The number of carbonyl (C=O) groups excluding carboxylic acids is 1. The summed E-state index contributed by atoms with van der Waals surface area (Å²) in [4.78, 5) is 11.7. The zero-order valence-corrected chi connectivity index (χ0v) is 11.5. The summed E-state index contributed by atoms with van der Waals surface area (Å²) in [6, 6.07) is 4.16. The van der Waals surface area contributed by atoms with Gasteiger partial charge in [-0.05, 0) is 24.6 Å². The molecule has 1 rings (SSSR count). The van der Waals surface area contributed by atoms with Gasteiger partial charge in [0.25, 0.3) is 0 Å². The third-order valence-electron chi connectivity index (χ3n) is 2.20. The van der Waals surface area contributed by atoms with Crippen LogP contribution in [0.15, 0.2) is 18.2 Å². The zero-order chi connectivity index (χ0) is 13.5.